The van der Waals surface area contributed by atoms with Crippen molar-refractivity contribution in [1.29, 1.82) is 0 Å². The SMILES string of the molecule is Cc1cc(C)nc(SCC(=O)Nc2ccc(NC(=O)c3ccco3)cc2)n1. The van der Waals surface area contributed by atoms with Crippen LogP contribution < -0.4 is 10.6 Å². The highest BCUT2D eigenvalue weighted by molar-refractivity contribution is 7.99. The van der Waals surface area contributed by atoms with Crippen molar-refractivity contribution in [3.8, 4) is 0 Å². The lowest BCUT2D eigenvalue weighted by Gasteiger charge is -2.07. The summed E-state index contributed by atoms with van der Waals surface area (Å²) in [5.41, 5.74) is 2.99. The molecule has 0 aliphatic rings. The van der Waals surface area contributed by atoms with Crippen molar-refractivity contribution in [3.63, 3.8) is 0 Å². The van der Waals surface area contributed by atoms with Crippen molar-refractivity contribution >= 4 is 35.0 Å². The van der Waals surface area contributed by atoms with Crippen LogP contribution in [0.5, 0.6) is 0 Å². The molecule has 0 bridgehead atoms. The number of anilines is 2. The molecule has 0 atom stereocenters. The van der Waals surface area contributed by atoms with Crippen molar-refractivity contribution in [2.45, 2.75) is 19.0 Å². The number of nitrogens with zero attached hydrogens (tertiary/aromatic N) is 2. The Morgan fingerprint density at radius 3 is 2.22 bits per heavy atom. The van der Waals surface area contributed by atoms with E-state index in [4.69, 9.17) is 4.42 Å². The van der Waals surface area contributed by atoms with E-state index < -0.39 is 0 Å². The van der Waals surface area contributed by atoms with Crippen LogP contribution in [-0.4, -0.2) is 27.5 Å². The number of carbonyl (C=O) groups is 2. The molecule has 138 valence electrons. The van der Waals surface area contributed by atoms with E-state index in [0.717, 1.165) is 11.4 Å². The zero-order valence-electron chi connectivity index (χ0n) is 14.9. The lowest BCUT2D eigenvalue weighted by molar-refractivity contribution is -0.113. The molecule has 0 saturated heterocycles. The summed E-state index contributed by atoms with van der Waals surface area (Å²) in [5, 5.41) is 6.10. The molecule has 0 fully saturated rings. The number of amides is 2. The van der Waals surface area contributed by atoms with E-state index in [1.165, 1.54) is 18.0 Å². The van der Waals surface area contributed by atoms with Gasteiger partial charge in [0.25, 0.3) is 5.91 Å². The number of carbonyl (C=O) groups excluding carboxylic acids is 2. The van der Waals surface area contributed by atoms with Gasteiger partial charge in [-0.3, -0.25) is 9.59 Å². The number of aromatic nitrogens is 2. The minimum Gasteiger partial charge on any atom is -0.459 e. The minimum atomic E-state index is -0.332. The number of rotatable bonds is 6. The fourth-order valence-corrected chi connectivity index (χ4v) is 3.07. The smallest absolute Gasteiger partial charge is 0.291 e. The van der Waals surface area contributed by atoms with E-state index in [1.807, 2.05) is 19.9 Å². The first-order valence-corrected chi connectivity index (χ1v) is 9.18. The predicted molar refractivity (Wildman–Crippen MR) is 104 cm³/mol. The van der Waals surface area contributed by atoms with Crippen LogP contribution in [0.4, 0.5) is 11.4 Å². The first-order chi connectivity index (χ1) is 13.0. The molecule has 1 aromatic carbocycles. The van der Waals surface area contributed by atoms with Crippen LogP contribution >= 0.6 is 11.8 Å². The van der Waals surface area contributed by atoms with Gasteiger partial charge in [-0.2, -0.15) is 0 Å². The molecule has 7 nitrogen and oxygen atoms in total. The van der Waals surface area contributed by atoms with E-state index >= 15 is 0 Å². The summed E-state index contributed by atoms with van der Waals surface area (Å²) in [7, 11) is 0. The van der Waals surface area contributed by atoms with E-state index in [-0.39, 0.29) is 23.3 Å². The summed E-state index contributed by atoms with van der Waals surface area (Å²) in [6, 6.07) is 12.0. The number of benzene rings is 1. The number of thioether (sulfide) groups is 1. The number of aryl methyl sites for hydroxylation is 2. The van der Waals surface area contributed by atoms with Crippen LogP contribution in [-0.2, 0) is 4.79 Å². The Hall–Kier alpha value is -3.13. The molecular weight excluding hydrogens is 364 g/mol. The number of hydrogen-bond acceptors (Lipinski definition) is 6. The molecule has 0 saturated carbocycles. The standard InChI is InChI=1S/C19H18N4O3S/c1-12-10-13(2)21-19(20-12)27-11-17(24)22-14-5-7-15(8-6-14)23-18(25)16-4-3-9-26-16/h3-10H,11H2,1-2H3,(H,22,24)(H,23,25). The first-order valence-electron chi connectivity index (χ1n) is 8.19. The Labute approximate surface area is 160 Å². The third-order valence-corrected chi connectivity index (χ3v) is 4.31. The van der Waals surface area contributed by atoms with Gasteiger partial charge in [0.2, 0.25) is 5.91 Å². The average molecular weight is 382 g/mol. The molecular formula is C19H18N4O3S. The number of nitrogens with one attached hydrogen (secondary N) is 2. The predicted octanol–water partition coefficient (Wildman–Crippen LogP) is 3.67. The van der Waals surface area contributed by atoms with Gasteiger partial charge in [0.05, 0.1) is 12.0 Å². The zero-order valence-corrected chi connectivity index (χ0v) is 15.7. The molecule has 0 aliphatic carbocycles. The molecule has 0 radical (unpaired) electrons. The normalized spacial score (nSPS) is 10.4. The maximum atomic E-state index is 12.1. The van der Waals surface area contributed by atoms with Crippen LogP contribution in [0.1, 0.15) is 21.9 Å². The monoisotopic (exact) mass is 382 g/mol. The summed E-state index contributed by atoms with van der Waals surface area (Å²) >= 11 is 1.28. The van der Waals surface area contributed by atoms with Gasteiger partial charge in [-0.1, -0.05) is 11.8 Å². The van der Waals surface area contributed by atoms with Crippen LogP contribution in [0.15, 0.2) is 58.3 Å². The lowest BCUT2D eigenvalue weighted by Crippen LogP contribution is -2.15. The Morgan fingerprint density at radius 1 is 1.00 bits per heavy atom. The topological polar surface area (TPSA) is 97.1 Å². The third kappa shape index (κ3) is 5.42. The van der Waals surface area contributed by atoms with Crippen LogP contribution in [0.25, 0.3) is 0 Å². The van der Waals surface area contributed by atoms with Crippen molar-refractivity contribution in [2.75, 3.05) is 16.4 Å². The van der Waals surface area contributed by atoms with Crippen LogP contribution in [0.2, 0.25) is 0 Å². The van der Waals surface area contributed by atoms with Crippen LogP contribution in [0.3, 0.4) is 0 Å². The Morgan fingerprint density at radius 2 is 1.63 bits per heavy atom. The average Bonchev–Trinajstić information content (AvgIpc) is 3.16. The first kappa shape index (κ1) is 18.7. The fourth-order valence-electron chi connectivity index (χ4n) is 2.32. The highest BCUT2D eigenvalue weighted by atomic mass is 32.2. The van der Waals surface area contributed by atoms with Crippen molar-refractivity contribution in [3.05, 3.63) is 65.9 Å². The van der Waals surface area contributed by atoms with E-state index in [2.05, 4.69) is 20.6 Å². The van der Waals surface area contributed by atoms with Gasteiger partial charge < -0.3 is 15.1 Å². The molecule has 2 N–H and O–H groups in total. The van der Waals surface area contributed by atoms with Crippen molar-refractivity contribution in [1.82, 2.24) is 9.97 Å². The second-order valence-electron chi connectivity index (χ2n) is 5.78. The summed E-state index contributed by atoms with van der Waals surface area (Å²) < 4.78 is 5.04. The highest BCUT2D eigenvalue weighted by Gasteiger charge is 2.09. The summed E-state index contributed by atoms with van der Waals surface area (Å²) in [5.74, 6) is -0.0466. The fraction of sp³-hybridized carbons (Fsp3) is 0.158. The maximum Gasteiger partial charge on any atom is 0.291 e. The van der Waals surface area contributed by atoms with Crippen LogP contribution in [0, 0.1) is 13.8 Å². The van der Waals surface area contributed by atoms with Gasteiger partial charge in [0.15, 0.2) is 10.9 Å². The lowest BCUT2D eigenvalue weighted by atomic mass is 10.2. The number of furan rings is 1. The van der Waals surface area contributed by atoms with Gasteiger partial charge >= 0.3 is 0 Å². The molecule has 3 aromatic rings. The molecule has 2 amide bonds. The second kappa shape index (κ2) is 8.50. The van der Waals surface area contributed by atoms with Gasteiger partial charge in [-0.15, -0.1) is 0 Å². The largest absolute Gasteiger partial charge is 0.459 e. The second-order valence-corrected chi connectivity index (χ2v) is 6.72. The minimum absolute atomic E-state index is 0.157. The molecule has 0 spiro atoms. The zero-order chi connectivity index (χ0) is 19.2. The highest BCUT2D eigenvalue weighted by Crippen LogP contribution is 2.17. The summed E-state index contributed by atoms with van der Waals surface area (Å²) in [4.78, 5) is 32.6. The Balaban J connectivity index is 1.51. The molecule has 3 rings (SSSR count). The van der Waals surface area contributed by atoms with Gasteiger partial charge in [0.1, 0.15) is 0 Å². The third-order valence-electron chi connectivity index (χ3n) is 3.47. The van der Waals surface area contributed by atoms with Gasteiger partial charge in [-0.25, -0.2) is 9.97 Å². The Bertz CT molecular complexity index is 920. The van der Waals surface area contributed by atoms with Crippen molar-refractivity contribution in [2.24, 2.45) is 0 Å². The number of hydrogen-bond donors (Lipinski definition) is 2. The van der Waals surface area contributed by atoms with Crippen molar-refractivity contribution < 1.29 is 14.0 Å². The molecule has 0 aliphatic heterocycles. The van der Waals surface area contributed by atoms with E-state index in [9.17, 15) is 9.59 Å². The van der Waals surface area contributed by atoms with Gasteiger partial charge in [-0.05, 0) is 56.3 Å². The summed E-state index contributed by atoms with van der Waals surface area (Å²) in [6.45, 7) is 3.79. The molecule has 2 aromatic heterocycles. The molecule has 27 heavy (non-hydrogen) atoms. The Kier molecular flexibility index (Phi) is 5.87. The molecule has 2 heterocycles. The van der Waals surface area contributed by atoms with E-state index in [1.54, 1.807) is 36.4 Å². The summed E-state index contributed by atoms with van der Waals surface area (Å²) in [6.07, 6.45) is 1.44. The molecule has 0 unspecified atom stereocenters. The maximum absolute atomic E-state index is 12.1. The van der Waals surface area contributed by atoms with E-state index in [0.29, 0.717) is 16.5 Å². The quantitative estimate of drug-likeness (QED) is 0.499. The molecule has 8 heteroatoms. The van der Waals surface area contributed by atoms with Gasteiger partial charge in [0, 0.05) is 22.8 Å².